The van der Waals surface area contributed by atoms with Crippen molar-refractivity contribution in [2.45, 2.75) is 12.5 Å². The van der Waals surface area contributed by atoms with Crippen molar-refractivity contribution in [1.29, 1.82) is 0 Å². The van der Waals surface area contributed by atoms with E-state index in [1.54, 1.807) is 24.3 Å². The lowest BCUT2D eigenvalue weighted by Gasteiger charge is -2.13. The second-order valence-corrected chi connectivity index (χ2v) is 4.42. The molecule has 0 aromatic heterocycles. The van der Waals surface area contributed by atoms with E-state index in [-0.39, 0.29) is 12.3 Å². The van der Waals surface area contributed by atoms with Crippen molar-refractivity contribution in [3.05, 3.63) is 71.3 Å². The highest BCUT2D eigenvalue weighted by Gasteiger charge is 2.16. The van der Waals surface area contributed by atoms with E-state index in [0.717, 1.165) is 5.56 Å². The maximum absolute atomic E-state index is 12.3. The largest absolute Gasteiger partial charge is 0.387 e. The molecule has 0 saturated heterocycles. The van der Waals surface area contributed by atoms with Gasteiger partial charge in [-0.1, -0.05) is 54.6 Å². The van der Waals surface area contributed by atoms with Crippen LogP contribution in [-0.4, -0.2) is 17.4 Å². The summed E-state index contributed by atoms with van der Waals surface area (Å²) < 4.78 is 0. The maximum atomic E-state index is 12.3. The van der Waals surface area contributed by atoms with E-state index >= 15 is 0 Å². The molecule has 3 heteroatoms. The van der Waals surface area contributed by atoms with Gasteiger partial charge in [-0.15, -0.1) is 0 Å². The van der Waals surface area contributed by atoms with Crippen LogP contribution in [0.15, 0.2) is 54.6 Å². The van der Waals surface area contributed by atoms with Crippen LogP contribution in [0.1, 0.15) is 27.6 Å². The Kier molecular flexibility index (Phi) is 4.44. The Labute approximate surface area is 112 Å². The van der Waals surface area contributed by atoms with Gasteiger partial charge in [-0.3, -0.25) is 4.79 Å². The van der Waals surface area contributed by atoms with E-state index in [0.29, 0.717) is 17.5 Å². The fraction of sp³-hybridized carbons (Fsp3) is 0.188. The zero-order valence-corrected chi connectivity index (χ0v) is 10.6. The minimum atomic E-state index is -0.795. The van der Waals surface area contributed by atoms with Crippen LogP contribution in [0.4, 0.5) is 0 Å². The summed E-state index contributed by atoms with van der Waals surface area (Å²) in [7, 11) is 0. The lowest BCUT2D eigenvalue weighted by molar-refractivity contribution is 0.0986. The van der Waals surface area contributed by atoms with Crippen molar-refractivity contribution >= 4 is 5.78 Å². The lowest BCUT2D eigenvalue weighted by Crippen LogP contribution is -2.16. The van der Waals surface area contributed by atoms with E-state index in [4.69, 9.17) is 5.73 Å². The third-order valence-electron chi connectivity index (χ3n) is 3.05. The zero-order chi connectivity index (χ0) is 13.7. The third kappa shape index (κ3) is 3.28. The van der Waals surface area contributed by atoms with Gasteiger partial charge in [-0.2, -0.15) is 0 Å². The van der Waals surface area contributed by atoms with Gasteiger partial charge in [0.2, 0.25) is 0 Å². The highest BCUT2D eigenvalue weighted by Crippen LogP contribution is 2.19. The van der Waals surface area contributed by atoms with Crippen LogP contribution >= 0.6 is 0 Å². The first kappa shape index (κ1) is 13.5. The molecule has 0 aliphatic carbocycles. The molecule has 0 aliphatic rings. The molecule has 0 fully saturated rings. The summed E-state index contributed by atoms with van der Waals surface area (Å²) in [6.07, 6.45) is -0.467. The van der Waals surface area contributed by atoms with E-state index in [1.807, 2.05) is 30.3 Å². The Morgan fingerprint density at radius 2 is 1.68 bits per heavy atom. The summed E-state index contributed by atoms with van der Waals surface area (Å²) in [4.78, 5) is 12.3. The Morgan fingerprint density at radius 1 is 1.05 bits per heavy atom. The van der Waals surface area contributed by atoms with Gasteiger partial charge in [0.1, 0.15) is 0 Å². The van der Waals surface area contributed by atoms with Crippen LogP contribution in [0.3, 0.4) is 0 Å². The van der Waals surface area contributed by atoms with E-state index in [9.17, 15) is 9.90 Å². The molecule has 2 aromatic carbocycles. The van der Waals surface area contributed by atoms with E-state index in [2.05, 4.69) is 0 Å². The molecule has 0 aliphatic heterocycles. The van der Waals surface area contributed by atoms with Gasteiger partial charge in [-0.25, -0.2) is 0 Å². The molecule has 3 N–H and O–H groups in total. The summed E-state index contributed by atoms with van der Waals surface area (Å²) in [6.45, 7) is 0.107. The molecular formula is C16H17NO2. The third-order valence-corrected chi connectivity index (χ3v) is 3.05. The van der Waals surface area contributed by atoms with Crippen molar-refractivity contribution in [3.8, 4) is 0 Å². The van der Waals surface area contributed by atoms with Gasteiger partial charge in [0.05, 0.1) is 6.10 Å². The molecule has 98 valence electrons. The zero-order valence-electron chi connectivity index (χ0n) is 10.6. The smallest absolute Gasteiger partial charge is 0.167 e. The Morgan fingerprint density at radius 3 is 2.37 bits per heavy atom. The molecule has 19 heavy (non-hydrogen) atoms. The van der Waals surface area contributed by atoms with Crippen LogP contribution in [0, 0.1) is 0 Å². The maximum Gasteiger partial charge on any atom is 0.167 e. The summed E-state index contributed by atoms with van der Waals surface area (Å²) in [5, 5.41) is 9.85. The minimum absolute atomic E-state index is 0.00528. The highest BCUT2D eigenvalue weighted by atomic mass is 16.3. The predicted molar refractivity (Wildman–Crippen MR) is 74.9 cm³/mol. The van der Waals surface area contributed by atoms with Crippen molar-refractivity contribution in [2.75, 3.05) is 6.54 Å². The van der Waals surface area contributed by atoms with Crippen molar-refractivity contribution in [3.63, 3.8) is 0 Å². The average Bonchev–Trinajstić information content (AvgIpc) is 2.47. The predicted octanol–water partition coefficient (Wildman–Crippen LogP) is 2.10. The summed E-state index contributed by atoms with van der Waals surface area (Å²) in [5.41, 5.74) is 7.58. The monoisotopic (exact) mass is 255 g/mol. The highest BCUT2D eigenvalue weighted by molar-refractivity contribution is 5.99. The molecule has 0 radical (unpaired) electrons. The molecule has 0 unspecified atom stereocenters. The van der Waals surface area contributed by atoms with Crippen LogP contribution < -0.4 is 5.73 Å². The molecule has 0 heterocycles. The van der Waals surface area contributed by atoms with Crippen molar-refractivity contribution in [1.82, 2.24) is 0 Å². The number of aliphatic hydroxyl groups excluding tert-OH is 1. The lowest BCUT2D eigenvalue weighted by atomic mass is 9.95. The number of hydrogen-bond acceptors (Lipinski definition) is 3. The van der Waals surface area contributed by atoms with Crippen LogP contribution in [-0.2, 0) is 6.42 Å². The van der Waals surface area contributed by atoms with Crippen molar-refractivity contribution < 1.29 is 9.90 Å². The molecule has 1 atom stereocenters. The standard InChI is InChI=1S/C16H17NO2/c17-11-16(19)14-9-5-4-8-13(14)15(18)10-12-6-2-1-3-7-12/h1-9,16,19H,10-11,17H2/t16-/m0/s1. The van der Waals surface area contributed by atoms with Gasteiger partial charge >= 0.3 is 0 Å². The number of carbonyl (C=O) groups excluding carboxylic acids is 1. The summed E-state index contributed by atoms with van der Waals surface area (Å²) in [6, 6.07) is 16.6. The molecule has 0 spiro atoms. The fourth-order valence-electron chi connectivity index (χ4n) is 2.04. The first-order chi connectivity index (χ1) is 9.22. The summed E-state index contributed by atoms with van der Waals surface area (Å²) in [5.74, 6) is -0.00528. The molecule has 0 amide bonds. The number of carbonyl (C=O) groups is 1. The van der Waals surface area contributed by atoms with E-state index in [1.165, 1.54) is 0 Å². The SMILES string of the molecule is NC[C@H](O)c1ccccc1C(=O)Cc1ccccc1. The normalized spacial score (nSPS) is 12.1. The van der Waals surface area contributed by atoms with Crippen molar-refractivity contribution in [2.24, 2.45) is 5.73 Å². The number of benzene rings is 2. The average molecular weight is 255 g/mol. The second-order valence-electron chi connectivity index (χ2n) is 4.42. The van der Waals surface area contributed by atoms with Crippen LogP contribution in [0.25, 0.3) is 0 Å². The Balaban J connectivity index is 2.24. The number of ketones is 1. The Hall–Kier alpha value is -1.97. The van der Waals surface area contributed by atoms with Gasteiger partial charge in [-0.05, 0) is 11.1 Å². The first-order valence-electron chi connectivity index (χ1n) is 6.26. The molecule has 0 saturated carbocycles. The fourth-order valence-corrected chi connectivity index (χ4v) is 2.04. The number of Topliss-reactive ketones (excluding diaryl/α,β-unsaturated/α-hetero) is 1. The quantitative estimate of drug-likeness (QED) is 0.804. The molecular weight excluding hydrogens is 238 g/mol. The van der Waals surface area contributed by atoms with Gasteiger partial charge in [0, 0.05) is 18.5 Å². The van der Waals surface area contributed by atoms with E-state index < -0.39 is 6.10 Å². The topological polar surface area (TPSA) is 63.3 Å². The number of aliphatic hydroxyl groups is 1. The molecule has 0 bridgehead atoms. The first-order valence-corrected chi connectivity index (χ1v) is 6.26. The Bertz CT molecular complexity index is 552. The second kappa shape index (κ2) is 6.27. The van der Waals surface area contributed by atoms with Crippen LogP contribution in [0.5, 0.6) is 0 Å². The summed E-state index contributed by atoms with van der Waals surface area (Å²) >= 11 is 0. The number of rotatable bonds is 5. The molecule has 3 nitrogen and oxygen atoms in total. The number of hydrogen-bond donors (Lipinski definition) is 2. The van der Waals surface area contributed by atoms with Gasteiger partial charge in [0.25, 0.3) is 0 Å². The minimum Gasteiger partial charge on any atom is -0.387 e. The van der Waals surface area contributed by atoms with Gasteiger partial charge < -0.3 is 10.8 Å². The number of nitrogens with two attached hydrogens (primary N) is 1. The molecule has 2 rings (SSSR count). The molecule has 2 aromatic rings. The van der Waals surface area contributed by atoms with Gasteiger partial charge in [0.15, 0.2) is 5.78 Å². The van der Waals surface area contributed by atoms with Crippen LogP contribution in [0.2, 0.25) is 0 Å².